The molecule has 0 amide bonds. The second kappa shape index (κ2) is 10.4. The summed E-state index contributed by atoms with van der Waals surface area (Å²) in [6.45, 7) is 0. The standard InChI is InChI=1S/C25H22O2Se/c1-26-23-15-11-20(12-16-23)9-6-10-25(22-13-17-24(27-2)18-14-22)28-19-21-7-4-3-5-8-21/h3-5,7-8,10-18H,19H2,1-2H3/b25-10-. The van der Waals surface area contributed by atoms with Crippen LogP contribution in [0.1, 0.15) is 16.7 Å². The van der Waals surface area contributed by atoms with Crippen LogP contribution in [0.2, 0.25) is 0 Å². The molecule has 0 saturated heterocycles. The topological polar surface area (TPSA) is 18.5 Å². The number of allylic oxidation sites excluding steroid dienone is 1. The summed E-state index contributed by atoms with van der Waals surface area (Å²) in [7, 11) is 3.35. The predicted octanol–water partition coefficient (Wildman–Crippen LogP) is 5.00. The molecule has 0 saturated carbocycles. The quantitative estimate of drug-likeness (QED) is 0.402. The van der Waals surface area contributed by atoms with Gasteiger partial charge >= 0.3 is 173 Å². The molecule has 0 aliphatic heterocycles. The Morgan fingerprint density at radius 3 is 2.04 bits per heavy atom. The number of methoxy groups -OCH3 is 2. The van der Waals surface area contributed by atoms with E-state index in [1.165, 1.54) is 15.6 Å². The van der Waals surface area contributed by atoms with E-state index in [1.54, 1.807) is 14.2 Å². The summed E-state index contributed by atoms with van der Waals surface area (Å²) in [5.74, 6) is 8.16. The molecule has 0 fully saturated rings. The molecule has 3 heteroatoms. The van der Waals surface area contributed by atoms with Gasteiger partial charge in [0.25, 0.3) is 0 Å². The van der Waals surface area contributed by atoms with Gasteiger partial charge in [0, 0.05) is 0 Å². The van der Waals surface area contributed by atoms with Crippen LogP contribution in [-0.2, 0) is 5.32 Å². The molecule has 0 atom stereocenters. The minimum atomic E-state index is 0.282. The van der Waals surface area contributed by atoms with E-state index in [4.69, 9.17) is 9.47 Å². The zero-order valence-electron chi connectivity index (χ0n) is 16.0. The average molecular weight is 433 g/mol. The van der Waals surface area contributed by atoms with Crippen LogP contribution in [0.4, 0.5) is 0 Å². The third-order valence-electron chi connectivity index (χ3n) is 4.12. The van der Waals surface area contributed by atoms with E-state index in [1.807, 2.05) is 36.4 Å². The van der Waals surface area contributed by atoms with Crippen molar-refractivity contribution >= 4 is 19.4 Å². The second-order valence-corrected chi connectivity index (χ2v) is 8.14. The van der Waals surface area contributed by atoms with Crippen LogP contribution in [-0.4, -0.2) is 29.2 Å². The molecule has 0 radical (unpaired) electrons. The summed E-state index contributed by atoms with van der Waals surface area (Å²) >= 11 is 0.282. The van der Waals surface area contributed by atoms with E-state index in [2.05, 4.69) is 60.4 Å². The van der Waals surface area contributed by atoms with E-state index >= 15 is 0 Å². The molecule has 0 aromatic heterocycles. The minimum absolute atomic E-state index is 0.282. The van der Waals surface area contributed by atoms with Gasteiger partial charge in [-0.25, -0.2) is 0 Å². The number of ether oxygens (including phenoxy) is 2. The molecule has 3 aromatic rings. The van der Waals surface area contributed by atoms with Gasteiger partial charge in [-0.3, -0.25) is 0 Å². The zero-order valence-corrected chi connectivity index (χ0v) is 17.7. The molecule has 0 bridgehead atoms. The first-order valence-corrected chi connectivity index (χ1v) is 11.0. The Morgan fingerprint density at radius 2 is 1.43 bits per heavy atom. The fourth-order valence-corrected chi connectivity index (χ4v) is 4.57. The first-order chi connectivity index (χ1) is 13.8. The van der Waals surface area contributed by atoms with Crippen molar-refractivity contribution < 1.29 is 9.47 Å². The summed E-state index contributed by atoms with van der Waals surface area (Å²) in [6.07, 6.45) is 2.05. The van der Waals surface area contributed by atoms with Crippen LogP contribution in [0, 0.1) is 11.8 Å². The molecular weight excluding hydrogens is 411 g/mol. The Kier molecular flexibility index (Phi) is 7.38. The van der Waals surface area contributed by atoms with Crippen LogP contribution >= 0.6 is 0 Å². The van der Waals surface area contributed by atoms with Gasteiger partial charge in [-0.2, -0.15) is 0 Å². The molecule has 0 heterocycles. The molecule has 0 spiro atoms. The molecular formula is C25H22O2Se. The monoisotopic (exact) mass is 434 g/mol. The van der Waals surface area contributed by atoms with Crippen molar-refractivity contribution in [3.05, 3.63) is 102 Å². The van der Waals surface area contributed by atoms with Gasteiger partial charge < -0.3 is 0 Å². The fraction of sp³-hybridized carbons (Fsp3) is 0.120. The van der Waals surface area contributed by atoms with Crippen LogP contribution < -0.4 is 9.47 Å². The van der Waals surface area contributed by atoms with E-state index < -0.39 is 0 Å². The first-order valence-electron chi connectivity index (χ1n) is 8.95. The van der Waals surface area contributed by atoms with Crippen molar-refractivity contribution in [3.8, 4) is 23.3 Å². The van der Waals surface area contributed by atoms with Gasteiger partial charge in [-0.05, 0) is 0 Å². The molecule has 0 N–H and O–H groups in total. The first kappa shape index (κ1) is 19.8. The third-order valence-corrected chi connectivity index (χ3v) is 6.52. The SMILES string of the molecule is COc1ccc(C#C/C=C(\[Se]Cc2ccccc2)c2ccc(OC)cc2)cc1. The molecule has 2 nitrogen and oxygen atoms in total. The maximum absolute atomic E-state index is 5.28. The van der Waals surface area contributed by atoms with Crippen molar-refractivity contribution in [2.75, 3.05) is 14.2 Å². The Balaban J connectivity index is 1.81. The Bertz CT molecular complexity index is 963. The van der Waals surface area contributed by atoms with Crippen molar-refractivity contribution in [2.24, 2.45) is 0 Å². The van der Waals surface area contributed by atoms with Crippen molar-refractivity contribution in [2.45, 2.75) is 5.32 Å². The van der Waals surface area contributed by atoms with Crippen LogP contribution in [0.3, 0.4) is 0 Å². The molecule has 0 unspecified atom stereocenters. The molecule has 0 aliphatic rings. The third kappa shape index (κ3) is 5.79. The summed E-state index contributed by atoms with van der Waals surface area (Å²) in [6, 6.07) is 26.6. The number of hydrogen-bond acceptors (Lipinski definition) is 2. The predicted molar refractivity (Wildman–Crippen MR) is 117 cm³/mol. The summed E-state index contributed by atoms with van der Waals surface area (Å²) in [4.78, 5) is 0. The normalized spacial score (nSPS) is 10.7. The summed E-state index contributed by atoms with van der Waals surface area (Å²) in [5, 5.41) is 1.04. The zero-order chi connectivity index (χ0) is 19.6. The van der Waals surface area contributed by atoms with E-state index in [9.17, 15) is 0 Å². The number of hydrogen-bond donors (Lipinski definition) is 0. The van der Waals surface area contributed by atoms with Crippen molar-refractivity contribution in [3.63, 3.8) is 0 Å². The van der Waals surface area contributed by atoms with Crippen LogP contribution in [0.25, 0.3) is 4.47 Å². The second-order valence-electron chi connectivity index (χ2n) is 6.01. The summed E-state index contributed by atoms with van der Waals surface area (Å²) in [5.41, 5.74) is 3.52. The number of benzene rings is 3. The van der Waals surface area contributed by atoms with Crippen molar-refractivity contribution in [1.82, 2.24) is 0 Å². The van der Waals surface area contributed by atoms with Crippen molar-refractivity contribution in [1.29, 1.82) is 0 Å². The van der Waals surface area contributed by atoms with Crippen LogP contribution in [0.15, 0.2) is 84.9 Å². The maximum atomic E-state index is 5.28. The average Bonchev–Trinajstić information content (AvgIpc) is 2.77. The van der Waals surface area contributed by atoms with Gasteiger partial charge in [0.05, 0.1) is 0 Å². The van der Waals surface area contributed by atoms with E-state index in [0.717, 1.165) is 22.4 Å². The molecule has 0 aliphatic carbocycles. The molecule has 3 aromatic carbocycles. The van der Waals surface area contributed by atoms with Crippen LogP contribution in [0.5, 0.6) is 11.5 Å². The summed E-state index contributed by atoms with van der Waals surface area (Å²) < 4.78 is 11.8. The van der Waals surface area contributed by atoms with Gasteiger partial charge in [0.2, 0.25) is 0 Å². The Hall–Kier alpha value is -2.92. The molecule has 28 heavy (non-hydrogen) atoms. The van der Waals surface area contributed by atoms with Gasteiger partial charge in [-0.1, -0.05) is 0 Å². The molecule has 140 valence electrons. The van der Waals surface area contributed by atoms with E-state index in [0.29, 0.717) is 0 Å². The van der Waals surface area contributed by atoms with Gasteiger partial charge in [0.15, 0.2) is 0 Å². The van der Waals surface area contributed by atoms with Gasteiger partial charge in [0.1, 0.15) is 0 Å². The molecule has 3 rings (SSSR count). The van der Waals surface area contributed by atoms with Gasteiger partial charge in [-0.15, -0.1) is 0 Å². The Morgan fingerprint density at radius 1 is 0.821 bits per heavy atom. The fourth-order valence-electron chi connectivity index (χ4n) is 2.56. The van der Waals surface area contributed by atoms with E-state index in [-0.39, 0.29) is 15.0 Å². The Labute approximate surface area is 173 Å². The number of rotatable bonds is 6.